The molecule has 0 aromatic carbocycles. The van der Waals surface area contributed by atoms with E-state index in [1.165, 1.54) is 27.7 Å². The monoisotopic (exact) mass is 748 g/mol. The third kappa shape index (κ3) is 7.73. The maximum Gasteiger partial charge on any atom is 0.460 e. The summed E-state index contributed by atoms with van der Waals surface area (Å²) in [5.74, 6) is -57.3. The molecule has 0 amide bonds. The number of halogens is 17. The van der Waals surface area contributed by atoms with Gasteiger partial charge in [0.2, 0.25) is 0 Å². The first-order chi connectivity index (χ1) is 19.8. The minimum Gasteiger partial charge on any atom is -0.308 e. The smallest absolute Gasteiger partial charge is 0.308 e. The fourth-order valence-corrected chi connectivity index (χ4v) is 8.95. The largest absolute Gasteiger partial charge is 0.460 e. The highest BCUT2D eigenvalue weighted by molar-refractivity contribution is 7.72. The molecule has 0 radical (unpaired) electrons. The van der Waals surface area contributed by atoms with Crippen molar-refractivity contribution in [2.75, 3.05) is 26.4 Å². The molecule has 0 saturated heterocycles. The number of rotatable bonds is 20. The lowest BCUT2D eigenvalue weighted by Crippen LogP contribution is -2.74. The van der Waals surface area contributed by atoms with E-state index < -0.39 is 114 Å². The summed E-state index contributed by atoms with van der Waals surface area (Å²) in [7, 11) is -9.64. The van der Waals surface area contributed by atoms with Crippen LogP contribution in [0.1, 0.15) is 47.0 Å². The van der Waals surface area contributed by atoms with Crippen LogP contribution in [0.25, 0.3) is 0 Å². The summed E-state index contributed by atoms with van der Waals surface area (Å²) in [6.07, 6.45) is -13.8. The van der Waals surface area contributed by atoms with E-state index in [9.17, 15) is 83.8 Å². The molecule has 0 aromatic rings. The lowest BCUT2D eigenvalue weighted by atomic mass is 9.88. The Balaban J connectivity index is 6.72. The van der Waals surface area contributed by atoms with Gasteiger partial charge in [0.25, 0.3) is 0 Å². The van der Waals surface area contributed by atoms with Crippen LogP contribution >= 0.6 is 15.2 Å². The van der Waals surface area contributed by atoms with Crippen molar-refractivity contribution in [2.24, 2.45) is 0 Å². The van der Waals surface area contributed by atoms with Gasteiger partial charge in [0.1, 0.15) is 0 Å². The van der Waals surface area contributed by atoms with Gasteiger partial charge >= 0.3 is 62.8 Å². The van der Waals surface area contributed by atoms with Crippen LogP contribution in [0.3, 0.4) is 0 Å². The van der Waals surface area contributed by atoms with E-state index in [0.717, 1.165) is 0 Å². The Morgan fingerprint density at radius 3 is 1.00 bits per heavy atom. The fraction of sp³-hybridized carbons (Fsp3) is 1.00. The molecule has 0 bridgehead atoms. The highest BCUT2D eigenvalue weighted by atomic mass is 31.2. The molecule has 6 nitrogen and oxygen atoms in total. The van der Waals surface area contributed by atoms with Crippen molar-refractivity contribution in [3.8, 4) is 0 Å². The molecule has 0 spiro atoms. The van der Waals surface area contributed by atoms with E-state index in [-0.39, 0.29) is 0 Å². The second kappa shape index (κ2) is 14.3. The Kier molecular flexibility index (Phi) is 14.0. The van der Waals surface area contributed by atoms with Gasteiger partial charge in [-0.2, -0.15) is 74.6 Å². The SMILES string of the molecule is CCOP(=O)(OCC)C(CCCC(F)(F)C(F)(F)C(F)(F)C(F)(F)C(F)(F)C(F)(F)C(F)(F)C(F)(F)F)P(=O)(OCC)OCC. The normalized spacial score (nSPS) is 15.7. The number of hydrogen-bond donors (Lipinski definition) is 0. The summed E-state index contributed by atoms with van der Waals surface area (Å²) in [6.45, 7) is 2.63. The van der Waals surface area contributed by atoms with Crippen LogP contribution in [-0.4, -0.2) is 79.5 Å². The van der Waals surface area contributed by atoms with Crippen molar-refractivity contribution in [3.63, 3.8) is 0 Å². The lowest BCUT2D eigenvalue weighted by molar-refractivity contribution is -0.461. The maximum atomic E-state index is 14.4. The van der Waals surface area contributed by atoms with Gasteiger partial charge in [-0.05, 0) is 40.5 Å². The summed E-state index contributed by atoms with van der Waals surface area (Å²) in [5.41, 5.74) is 0. The van der Waals surface area contributed by atoms with Gasteiger partial charge in [0, 0.05) is 6.42 Å². The Morgan fingerprint density at radius 1 is 0.467 bits per heavy atom. The summed E-state index contributed by atoms with van der Waals surface area (Å²) in [5, 5.41) is -2.30. The topological polar surface area (TPSA) is 71.1 Å². The van der Waals surface area contributed by atoms with E-state index in [2.05, 4.69) is 0 Å². The van der Waals surface area contributed by atoms with Crippen LogP contribution in [0.4, 0.5) is 74.6 Å². The van der Waals surface area contributed by atoms with E-state index in [1.54, 1.807) is 0 Å². The van der Waals surface area contributed by atoms with Crippen LogP contribution < -0.4 is 0 Å². The molecule has 0 rings (SSSR count). The van der Waals surface area contributed by atoms with Crippen LogP contribution in [-0.2, 0) is 27.2 Å². The highest BCUT2D eigenvalue weighted by Gasteiger charge is 2.95. The zero-order valence-electron chi connectivity index (χ0n) is 23.3. The summed E-state index contributed by atoms with van der Waals surface area (Å²) < 4.78 is 276. The fourth-order valence-electron chi connectivity index (χ4n) is 3.49. The van der Waals surface area contributed by atoms with Crippen LogP contribution in [0.5, 0.6) is 0 Å². The molecule has 0 saturated carbocycles. The van der Waals surface area contributed by atoms with Gasteiger partial charge in [0.15, 0.2) is 5.40 Å². The van der Waals surface area contributed by atoms with Gasteiger partial charge < -0.3 is 18.1 Å². The van der Waals surface area contributed by atoms with Crippen LogP contribution in [0.15, 0.2) is 0 Å². The Labute approximate surface area is 244 Å². The molecular weight excluding hydrogens is 721 g/mol. The molecule has 0 aliphatic heterocycles. The summed E-state index contributed by atoms with van der Waals surface area (Å²) in [4.78, 5) is 0. The standard InChI is InChI=1S/C20H27F17O6P2/c1-5-40-44(38,41-6-2)12(45(39,42-7-3)43-8-4)10-9-11-13(21,22)14(23,24)15(25,26)16(27,28)17(29,30)18(31,32)19(33,34)20(35,36)37/h12H,5-11H2,1-4H3. The van der Waals surface area contributed by atoms with Crippen molar-refractivity contribution in [3.05, 3.63) is 0 Å². The van der Waals surface area contributed by atoms with E-state index in [0.29, 0.717) is 0 Å². The predicted molar refractivity (Wildman–Crippen MR) is 120 cm³/mol. The van der Waals surface area contributed by atoms with E-state index in [1.807, 2.05) is 0 Å². The van der Waals surface area contributed by atoms with Crippen molar-refractivity contribution in [1.29, 1.82) is 0 Å². The molecule has 0 unspecified atom stereocenters. The van der Waals surface area contributed by atoms with Crippen LogP contribution in [0, 0.1) is 0 Å². The van der Waals surface area contributed by atoms with Gasteiger partial charge in [-0.1, -0.05) is 0 Å². The van der Waals surface area contributed by atoms with Gasteiger partial charge in [0.05, 0.1) is 26.4 Å². The molecule has 272 valence electrons. The van der Waals surface area contributed by atoms with Crippen LogP contribution in [0.2, 0.25) is 0 Å². The molecule has 0 heterocycles. The summed E-state index contributed by atoms with van der Waals surface area (Å²) in [6, 6.07) is 0. The Bertz CT molecular complexity index is 1020. The third-order valence-electron chi connectivity index (χ3n) is 5.71. The van der Waals surface area contributed by atoms with Gasteiger partial charge in [-0.3, -0.25) is 9.13 Å². The average Bonchev–Trinajstić information content (AvgIpc) is 2.85. The first-order valence-electron chi connectivity index (χ1n) is 12.3. The minimum absolute atomic E-state index is 0.520. The highest BCUT2D eigenvalue weighted by Crippen LogP contribution is 2.72. The minimum atomic E-state index is -8.74. The molecule has 0 fully saturated rings. The molecule has 0 aliphatic carbocycles. The zero-order chi connectivity index (χ0) is 36.4. The van der Waals surface area contributed by atoms with Crippen molar-refractivity contribution < 1.29 is 102 Å². The Morgan fingerprint density at radius 2 is 0.733 bits per heavy atom. The maximum absolute atomic E-state index is 14.4. The average molecular weight is 748 g/mol. The van der Waals surface area contributed by atoms with Crippen molar-refractivity contribution >= 4 is 15.2 Å². The molecule has 0 atom stereocenters. The first kappa shape index (κ1) is 44.1. The molecule has 0 aliphatic rings. The second-order valence-electron chi connectivity index (χ2n) is 8.77. The number of alkyl halides is 17. The molecular formula is C20H27F17O6P2. The van der Waals surface area contributed by atoms with E-state index >= 15 is 0 Å². The quantitative estimate of drug-likeness (QED) is 0.0913. The van der Waals surface area contributed by atoms with Crippen molar-refractivity contribution in [2.45, 2.75) is 100.0 Å². The molecule has 0 N–H and O–H groups in total. The Hall–Kier alpha value is -0.890. The number of hydrogen-bond acceptors (Lipinski definition) is 6. The lowest BCUT2D eigenvalue weighted by Gasteiger charge is -2.42. The predicted octanol–water partition coefficient (Wildman–Crippen LogP) is 10.0. The third-order valence-corrected chi connectivity index (χ3v) is 11.9. The molecule has 45 heavy (non-hydrogen) atoms. The van der Waals surface area contributed by atoms with E-state index in [4.69, 9.17) is 18.1 Å². The van der Waals surface area contributed by atoms with Gasteiger partial charge in [-0.15, -0.1) is 0 Å². The summed E-state index contributed by atoms with van der Waals surface area (Å²) >= 11 is 0. The molecule has 0 aromatic heterocycles. The van der Waals surface area contributed by atoms with Crippen molar-refractivity contribution in [1.82, 2.24) is 0 Å². The second-order valence-corrected chi connectivity index (χ2v) is 13.6. The molecule has 25 heteroatoms. The van der Waals surface area contributed by atoms with Gasteiger partial charge in [-0.25, -0.2) is 0 Å². The zero-order valence-corrected chi connectivity index (χ0v) is 25.1. The first-order valence-corrected chi connectivity index (χ1v) is 15.5.